The van der Waals surface area contributed by atoms with Gasteiger partial charge in [0.25, 0.3) is 0 Å². The predicted molar refractivity (Wildman–Crippen MR) is 80.4 cm³/mol. The molecule has 0 aromatic carbocycles. The first kappa shape index (κ1) is 18.7. The van der Waals surface area contributed by atoms with Gasteiger partial charge in [-0.1, -0.05) is 6.92 Å². The van der Waals surface area contributed by atoms with Crippen molar-refractivity contribution in [3.8, 4) is 0 Å². The molecule has 1 unspecified atom stereocenters. The van der Waals surface area contributed by atoms with Crippen LogP contribution in [-0.2, 0) is 19.4 Å². The number of ether oxygens (including phenoxy) is 1. The Morgan fingerprint density at radius 1 is 1.37 bits per heavy atom. The fraction of sp³-hybridized carbons (Fsp3) is 0.917. The number of rotatable bonds is 10. The maximum absolute atomic E-state index is 11.7. The number of carbonyl (C=O) groups excluding carboxylic acids is 1. The minimum absolute atomic E-state index is 0.207. The molecule has 0 saturated carbocycles. The fourth-order valence-corrected chi connectivity index (χ4v) is 3.95. The molecular weight excluding hydrogens is 286 g/mol. The summed E-state index contributed by atoms with van der Waals surface area (Å²) in [5, 5.41) is 3.15. The molecule has 0 fully saturated rings. The highest BCUT2D eigenvalue weighted by Gasteiger charge is 2.32. The van der Waals surface area contributed by atoms with Crippen molar-refractivity contribution in [2.45, 2.75) is 32.2 Å². The number of carbonyl (C=O) groups is 1. The number of thioether (sulfide) groups is 1. The SMILES string of the molecule is CCNC(C)(CCCSCCS(C)(=O)=O)C(=O)OC. The first-order valence-electron chi connectivity index (χ1n) is 6.34. The van der Waals surface area contributed by atoms with Crippen LogP contribution in [0.3, 0.4) is 0 Å². The average molecular weight is 311 g/mol. The third kappa shape index (κ3) is 8.49. The number of nitrogens with one attached hydrogen (secondary N) is 1. The smallest absolute Gasteiger partial charge is 0.325 e. The van der Waals surface area contributed by atoms with E-state index in [9.17, 15) is 13.2 Å². The van der Waals surface area contributed by atoms with E-state index in [1.165, 1.54) is 13.4 Å². The molecule has 0 aliphatic rings. The summed E-state index contributed by atoms with van der Waals surface area (Å²) in [6.45, 7) is 4.48. The molecular formula is C12H25NO4S2. The van der Waals surface area contributed by atoms with Crippen LogP contribution in [-0.4, -0.2) is 57.1 Å². The van der Waals surface area contributed by atoms with Crippen LogP contribution >= 0.6 is 11.8 Å². The Kier molecular flexibility index (Phi) is 8.69. The van der Waals surface area contributed by atoms with Gasteiger partial charge in [-0.25, -0.2) is 8.42 Å². The first-order chi connectivity index (χ1) is 8.75. The lowest BCUT2D eigenvalue weighted by Gasteiger charge is -2.27. The second kappa shape index (κ2) is 8.81. The van der Waals surface area contributed by atoms with E-state index >= 15 is 0 Å². The highest BCUT2D eigenvalue weighted by molar-refractivity contribution is 8.00. The Balaban J connectivity index is 3.98. The van der Waals surface area contributed by atoms with Crippen molar-refractivity contribution in [2.24, 2.45) is 0 Å². The molecule has 1 N–H and O–H groups in total. The highest BCUT2D eigenvalue weighted by Crippen LogP contribution is 2.16. The van der Waals surface area contributed by atoms with Crippen LogP contribution in [0.1, 0.15) is 26.7 Å². The second-order valence-corrected chi connectivity index (χ2v) is 8.18. The van der Waals surface area contributed by atoms with E-state index in [1.807, 2.05) is 13.8 Å². The summed E-state index contributed by atoms with van der Waals surface area (Å²) >= 11 is 1.60. The van der Waals surface area contributed by atoms with Crippen molar-refractivity contribution in [3.05, 3.63) is 0 Å². The Morgan fingerprint density at radius 3 is 2.47 bits per heavy atom. The minimum atomic E-state index is -2.87. The molecule has 0 rings (SSSR count). The Bertz CT molecular complexity index is 370. The molecule has 0 aliphatic heterocycles. The van der Waals surface area contributed by atoms with E-state index in [1.54, 1.807) is 11.8 Å². The van der Waals surface area contributed by atoms with Crippen LogP contribution in [0, 0.1) is 0 Å². The molecule has 0 bridgehead atoms. The second-order valence-electron chi connectivity index (χ2n) is 4.70. The summed E-state index contributed by atoms with van der Waals surface area (Å²) in [6.07, 6.45) is 2.76. The third-order valence-electron chi connectivity index (χ3n) is 2.77. The molecule has 5 nitrogen and oxygen atoms in total. The number of hydrogen-bond acceptors (Lipinski definition) is 6. The van der Waals surface area contributed by atoms with Crippen molar-refractivity contribution < 1.29 is 17.9 Å². The first-order valence-corrected chi connectivity index (χ1v) is 9.55. The molecule has 0 aromatic heterocycles. The molecule has 114 valence electrons. The largest absolute Gasteiger partial charge is 0.468 e. The molecule has 0 heterocycles. The van der Waals surface area contributed by atoms with Gasteiger partial charge in [0.15, 0.2) is 0 Å². The van der Waals surface area contributed by atoms with Gasteiger partial charge in [0.05, 0.1) is 12.9 Å². The van der Waals surface area contributed by atoms with Crippen LogP contribution < -0.4 is 5.32 Å². The van der Waals surface area contributed by atoms with E-state index in [0.717, 1.165) is 12.2 Å². The van der Waals surface area contributed by atoms with Gasteiger partial charge in [0.1, 0.15) is 15.4 Å². The molecule has 19 heavy (non-hydrogen) atoms. The van der Waals surface area contributed by atoms with Crippen molar-refractivity contribution in [1.29, 1.82) is 0 Å². The van der Waals surface area contributed by atoms with Gasteiger partial charge >= 0.3 is 5.97 Å². The van der Waals surface area contributed by atoms with Gasteiger partial charge < -0.3 is 10.1 Å². The van der Waals surface area contributed by atoms with Crippen LogP contribution in [0.25, 0.3) is 0 Å². The summed E-state index contributed by atoms with van der Waals surface area (Å²) in [7, 11) is -1.49. The number of esters is 1. The van der Waals surface area contributed by atoms with Crippen LogP contribution in [0.5, 0.6) is 0 Å². The van der Waals surface area contributed by atoms with Gasteiger partial charge in [-0.3, -0.25) is 4.79 Å². The quantitative estimate of drug-likeness (QED) is 0.481. The molecule has 0 amide bonds. The van der Waals surface area contributed by atoms with Gasteiger partial charge in [-0.2, -0.15) is 11.8 Å². The molecule has 0 radical (unpaired) electrons. The zero-order valence-electron chi connectivity index (χ0n) is 12.2. The van der Waals surface area contributed by atoms with Crippen LogP contribution in [0.15, 0.2) is 0 Å². The van der Waals surface area contributed by atoms with E-state index in [-0.39, 0.29) is 11.7 Å². The maximum atomic E-state index is 11.7. The lowest BCUT2D eigenvalue weighted by Crippen LogP contribution is -2.50. The topological polar surface area (TPSA) is 72.5 Å². The summed E-state index contributed by atoms with van der Waals surface area (Å²) in [5.41, 5.74) is -0.652. The van der Waals surface area contributed by atoms with Crippen molar-refractivity contribution >= 4 is 27.6 Å². The van der Waals surface area contributed by atoms with Gasteiger partial charge in [0, 0.05) is 12.0 Å². The average Bonchev–Trinajstić information content (AvgIpc) is 2.31. The molecule has 0 aromatic rings. The van der Waals surface area contributed by atoms with Gasteiger partial charge in [-0.05, 0) is 32.1 Å². The lowest BCUT2D eigenvalue weighted by molar-refractivity contribution is -0.148. The number of hydrogen-bond donors (Lipinski definition) is 1. The standard InChI is InChI=1S/C12H25NO4S2/c1-5-13-12(2,11(14)17-3)7-6-8-18-9-10-19(4,15)16/h13H,5-10H2,1-4H3. The zero-order valence-corrected chi connectivity index (χ0v) is 13.8. The predicted octanol–water partition coefficient (Wildman–Crippen LogP) is 1.09. The van der Waals surface area contributed by atoms with Crippen molar-refractivity contribution in [2.75, 3.05) is 37.2 Å². The molecule has 0 spiro atoms. The van der Waals surface area contributed by atoms with E-state index < -0.39 is 15.4 Å². The minimum Gasteiger partial charge on any atom is -0.468 e. The monoisotopic (exact) mass is 311 g/mol. The number of methoxy groups -OCH3 is 1. The molecule has 1 atom stereocenters. The summed E-state index contributed by atoms with van der Waals surface area (Å²) < 4.78 is 26.7. The Hall–Kier alpha value is -0.270. The van der Waals surface area contributed by atoms with E-state index in [2.05, 4.69) is 5.32 Å². The summed E-state index contributed by atoms with van der Waals surface area (Å²) in [6, 6.07) is 0. The molecule has 0 aliphatic carbocycles. The van der Waals surface area contributed by atoms with E-state index in [4.69, 9.17) is 4.74 Å². The van der Waals surface area contributed by atoms with Crippen molar-refractivity contribution in [3.63, 3.8) is 0 Å². The zero-order chi connectivity index (χ0) is 14.9. The maximum Gasteiger partial charge on any atom is 0.325 e. The molecule has 0 saturated heterocycles. The third-order valence-corrected chi connectivity index (χ3v) is 5.04. The van der Waals surface area contributed by atoms with E-state index in [0.29, 0.717) is 18.7 Å². The Labute approximate surface area is 120 Å². The lowest BCUT2D eigenvalue weighted by atomic mass is 9.96. The van der Waals surface area contributed by atoms with Crippen LogP contribution in [0.4, 0.5) is 0 Å². The fourth-order valence-electron chi connectivity index (χ4n) is 1.72. The molecule has 7 heteroatoms. The van der Waals surface area contributed by atoms with Crippen LogP contribution in [0.2, 0.25) is 0 Å². The van der Waals surface area contributed by atoms with Crippen molar-refractivity contribution in [1.82, 2.24) is 5.32 Å². The Morgan fingerprint density at radius 2 is 2.00 bits per heavy atom. The number of likely N-dealkylation sites (N-methyl/N-ethyl adjacent to an activating group) is 1. The highest BCUT2D eigenvalue weighted by atomic mass is 32.2. The summed E-state index contributed by atoms with van der Waals surface area (Å²) in [4.78, 5) is 11.7. The number of sulfone groups is 1. The summed E-state index contributed by atoms with van der Waals surface area (Å²) in [5.74, 6) is 1.40. The normalized spacial score (nSPS) is 14.9. The van der Waals surface area contributed by atoms with Gasteiger partial charge in [0.2, 0.25) is 0 Å². The van der Waals surface area contributed by atoms with Gasteiger partial charge in [-0.15, -0.1) is 0 Å².